The molecular formula is C9H16Cl2N2O. The lowest BCUT2D eigenvalue weighted by atomic mass is 9.86. The molecule has 3 nitrogen and oxygen atoms in total. The highest BCUT2D eigenvalue weighted by Crippen LogP contribution is 2.23. The maximum atomic E-state index is 11.5. The van der Waals surface area contributed by atoms with Crippen molar-refractivity contribution in [1.82, 2.24) is 5.32 Å². The molecule has 0 aromatic carbocycles. The predicted molar refractivity (Wildman–Crippen MR) is 58.4 cm³/mol. The molecule has 0 heterocycles. The molecular weight excluding hydrogens is 223 g/mol. The van der Waals surface area contributed by atoms with E-state index in [9.17, 15) is 4.79 Å². The van der Waals surface area contributed by atoms with Crippen LogP contribution in [-0.2, 0) is 4.79 Å². The van der Waals surface area contributed by atoms with Crippen molar-refractivity contribution in [2.24, 2.45) is 11.7 Å². The first-order valence-corrected chi connectivity index (χ1v) is 5.78. The molecule has 0 atom stereocenters. The summed E-state index contributed by atoms with van der Waals surface area (Å²) in [7, 11) is 0. The van der Waals surface area contributed by atoms with E-state index in [1.807, 2.05) is 0 Å². The summed E-state index contributed by atoms with van der Waals surface area (Å²) in [5.74, 6) is 0.157. The molecule has 0 radical (unpaired) electrons. The fraction of sp³-hybridized carbons (Fsp3) is 0.889. The fourth-order valence-corrected chi connectivity index (χ4v) is 1.86. The molecule has 1 aliphatic rings. The van der Waals surface area contributed by atoms with Crippen LogP contribution in [0.5, 0.6) is 0 Å². The van der Waals surface area contributed by atoms with E-state index in [-0.39, 0.29) is 17.9 Å². The second kappa shape index (κ2) is 5.79. The van der Waals surface area contributed by atoms with Crippen LogP contribution < -0.4 is 11.1 Å². The van der Waals surface area contributed by atoms with Gasteiger partial charge in [-0.15, -0.1) is 23.2 Å². The monoisotopic (exact) mass is 238 g/mol. The molecule has 82 valence electrons. The molecule has 1 fully saturated rings. The second-order valence-electron chi connectivity index (χ2n) is 3.75. The predicted octanol–water partition coefficient (Wildman–Crippen LogP) is 1.42. The summed E-state index contributed by atoms with van der Waals surface area (Å²) in [5.41, 5.74) is 5.75. The summed E-state index contributed by atoms with van der Waals surface area (Å²) < 4.78 is 0. The molecule has 3 N–H and O–H groups in total. The van der Waals surface area contributed by atoms with Crippen molar-refractivity contribution >= 4 is 29.1 Å². The van der Waals surface area contributed by atoms with Gasteiger partial charge in [-0.2, -0.15) is 0 Å². The maximum Gasteiger partial charge on any atom is 0.223 e. The average Bonchev–Trinajstić information content (AvgIpc) is 2.15. The normalized spacial score (nSPS) is 27.7. The van der Waals surface area contributed by atoms with Gasteiger partial charge in [0.25, 0.3) is 0 Å². The van der Waals surface area contributed by atoms with E-state index < -0.39 is 4.84 Å². The highest BCUT2D eigenvalue weighted by Gasteiger charge is 2.24. The molecule has 1 aliphatic carbocycles. The first-order valence-electron chi connectivity index (χ1n) is 4.91. The van der Waals surface area contributed by atoms with Gasteiger partial charge < -0.3 is 11.1 Å². The minimum absolute atomic E-state index is 0.0585. The zero-order valence-corrected chi connectivity index (χ0v) is 9.52. The number of nitrogens with two attached hydrogens (primary N) is 1. The van der Waals surface area contributed by atoms with Crippen molar-refractivity contribution in [3.05, 3.63) is 0 Å². The number of amides is 1. The van der Waals surface area contributed by atoms with Gasteiger partial charge in [0.15, 0.2) is 0 Å². The Morgan fingerprint density at radius 2 is 1.93 bits per heavy atom. The average molecular weight is 239 g/mol. The summed E-state index contributed by atoms with van der Waals surface area (Å²) in [4.78, 5) is 11.0. The van der Waals surface area contributed by atoms with Crippen LogP contribution in [0.2, 0.25) is 0 Å². The molecule has 0 unspecified atom stereocenters. The Hall–Kier alpha value is 0.01000. The van der Waals surface area contributed by atoms with Crippen LogP contribution in [0.25, 0.3) is 0 Å². The Morgan fingerprint density at radius 3 is 2.43 bits per heavy atom. The van der Waals surface area contributed by atoms with Crippen molar-refractivity contribution in [2.45, 2.75) is 36.6 Å². The van der Waals surface area contributed by atoms with E-state index in [1.165, 1.54) is 0 Å². The van der Waals surface area contributed by atoms with Crippen molar-refractivity contribution in [2.75, 3.05) is 6.54 Å². The number of halogens is 2. The number of carbonyl (C=O) groups excluding carboxylic acids is 1. The number of hydrogen-bond acceptors (Lipinski definition) is 2. The van der Waals surface area contributed by atoms with Gasteiger partial charge in [0, 0.05) is 18.5 Å². The van der Waals surface area contributed by atoms with Crippen LogP contribution in [0.15, 0.2) is 0 Å². The smallest absolute Gasteiger partial charge is 0.223 e. The third-order valence-corrected chi connectivity index (χ3v) is 2.88. The van der Waals surface area contributed by atoms with Crippen LogP contribution >= 0.6 is 23.2 Å². The third-order valence-electron chi connectivity index (χ3n) is 2.57. The number of hydrogen-bond donors (Lipinski definition) is 2. The van der Waals surface area contributed by atoms with Crippen LogP contribution in [0.3, 0.4) is 0 Å². The van der Waals surface area contributed by atoms with Crippen molar-refractivity contribution in [1.29, 1.82) is 0 Å². The minimum Gasteiger partial charge on any atom is -0.353 e. The molecule has 0 bridgehead atoms. The topological polar surface area (TPSA) is 55.1 Å². The maximum absolute atomic E-state index is 11.5. The molecule has 0 aliphatic heterocycles. The quantitative estimate of drug-likeness (QED) is 0.732. The Kier molecular flexibility index (Phi) is 4.99. The first-order chi connectivity index (χ1) is 6.59. The Labute approximate surface area is 94.3 Å². The Morgan fingerprint density at radius 1 is 1.36 bits per heavy atom. The Balaban J connectivity index is 2.24. The summed E-state index contributed by atoms with van der Waals surface area (Å²) in [6.07, 6.45) is 3.62. The van der Waals surface area contributed by atoms with E-state index in [2.05, 4.69) is 5.32 Å². The minimum atomic E-state index is -0.523. The van der Waals surface area contributed by atoms with Gasteiger partial charge >= 0.3 is 0 Å². The van der Waals surface area contributed by atoms with E-state index in [0.717, 1.165) is 25.7 Å². The van der Waals surface area contributed by atoms with E-state index in [4.69, 9.17) is 28.9 Å². The number of carbonyl (C=O) groups is 1. The van der Waals surface area contributed by atoms with Crippen LogP contribution in [-0.4, -0.2) is 23.3 Å². The number of nitrogens with one attached hydrogen (secondary N) is 1. The van der Waals surface area contributed by atoms with Crippen molar-refractivity contribution in [3.63, 3.8) is 0 Å². The van der Waals surface area contributed by atoms with Crippen LogP contribution in [0.1, 0.15) is 25.7 Å². The lowest BCUT2D eigenvalue weighted by Gasteiger charge is -2.25. The van der Waals surface area contributed by atoms with Gasteiger partial charge in [-0.3, -0.25) is 4.79 Å². The molecule has 0 aromatic heterocycles. The lowest BCUT2D eigenvalue weighted by Crippen LogP contribution is -2.37. The van der Waals surface area contributed by atoms with E-state index >= 15 is 0 Å². The fourth-order valence-electron chi connectivity index (χ4n) is 1.70. The lowest BCUT2D eigenvalue weighted by molar-refractivity contribution is -0.125. The summed E-state index contributed by atoms with van der Waals surface area (Å²) in [6.45, 7) is 0.324. The molecule has 1 amide bonds. The molecule has 0 aromatic rings. The van der Waals surface area contributed by atoms with Crippen LogP contribution in [0.4, 0.5) is 0 Å². The van der Waals surface area contributed by atoms with Gasteiger partial charge in [0.05, 0.1) is 0 Å². The van der Waals surface area contributed by atoms with Crippen molar-refractivity contribution < 1.29 is 4.79 Å². The number of rotatable bonds is 3. The van der Waals surface area contributed by atoms with Gasteiger partial charge in [0.2, 0.25) is 5.91 Å². The first kappa shape index (κ1) is 12.1. The third kappa shape index (κ3) is 4.03. The van der Waals surface area contributed by atoms with E-state index in [0.29, 0.717) is 6.54 Å². The summed E-state index contributed by atoms with van der Waals surface area (Å²) in [5, 5.41) is 2.72. The van der Waals surface area contributed by atoms with Gasteiger partial charge in [0.1, 0.15) is 4.84 Å². The zero-order valence-electron chi connectivity index (χ0n) is 8.01. The summed E-state index contributed by atoms with van der Waals surface area (Å²) >= 11 is 11.0. The zero-order chi connectivity index (χ0) is 10.6. The summed E-state index contributed by atoms with van der Waals surface area (Å²) in [6, 6.07) is 0.271. The second-order valence-corrected chi connectivity index (χ2v) is 5.02. The highest BCUT2D eigenvalue weighted by molar-refractivity contribution is 6.44. The van der Waals surface area contributed by atoms with Gasteiger partial charge in [-0.05, 0) is 25.7 Å². The molecule has 14 heavy (non-hydrogen) atoms. The van der Waals surface area contributed by atoms with Gasteiger partial charge in [-0.25, -0.2) is 0 Å². The highest BCUT2D eigenvalue weighted by atomic mass is 35.5. The Bertz CT molecular complexity index is 191. The number of alkyl halides is 2. The molecule has 5 heteroatoms. The standard InChI is InChI=1S/C9H16Cl2N2O/c10-8(11)5-13-9(14)6-1-3-7(12)4-2-6/h6-8H,1-5,12H2,(H,13,14). The van der Waals surface area contributed by atoms with Crippen molar-refractivity contribution in [3.8, 4) is 0 Å². The molecule has 0 spiro atoms. The molecule has 1 saturated carbocycles. The SMILES string of the molecule is NC1CCC(C(=O)NCC(Cl)Cl)CC1. The van der Waals surface area contributed by atoms with Gasteiger partial charge in [-0.1, -0.05) is 0 Å². The van der Waals surface area contributed by atoms with Crippen LogP contribution in [0, 0.1) is 5.92 Å². The largest absolute Gasteiger partial charge is 0.353 e. The molecule has 0 saturated heterocycles. The van der Waals surface area contributed by atoms with E-state index in [1.54, 1.807) is 0 Å². The molecule has 1 rings (SSSR count).